The second-order valence-corrected chi connectivity index (χ2v) is 5.83. The molecule has 0 bridgehead atoms. The number of ether oxygens (including phenoxy) is 3. The number of hydrogen-bond donors (Lipinski definition) is 0. The van der Waals surface area contributed by atoms with E-state index < -0.39 is 6.10 Å². The lowest BCUT2D eigenvalue weighted by Crippen LogP contribution is -2.52. The Morgan fingerprint density at radius 1 is 1.26 bits per heavy atom. The van der Waals surface area contributed by atoms with Crippen LogP contribution in [-0.2, 0) is 9.53 Å². The van der Waals surface area contributed by atoms with E-state index in [1.54, 1.807) is 7.11 Å². The van der Waals surface area contributed by atoms with Gasteiger partial charge in [0.15, 0.2) is 11.9 Å². The minimum atomic E-state index is -0.447. The Morgan fingerprint density at radius 3 is 2.47 bits per heavy atom. The molecular weight excluding hydrogens is 380 g/mol. The third kappa shape index (κ3) is 3.12. The van der Waals surface area contributed by atoms with Crippen LogP contribution in [0.4, 0.5) is 0 Å². The highest BCUT2D eigenvalue weighted by Crippen LogP contribution is 2.38. The van der Waals surface area contributed by atoms with Gasteiger partial charge in [0.1, 0.15) is 17.6 Å². The molecule has 2 atom stereocenters. The van der Waals surface area contributed by atoms with E-state index >= 15 is 0 Å². The van der Waals surface area contributed by atoms with E-state index in [1.165, 1.54) is 0 Å². The van der Waals surface area contributed by atoms with Crippen molar-refractivity contribution >= 4 is 37.6 Å². The summed E-state index contributed by atoms with van der Waals surface area (Å²) in [6.07, 6.45) is -0.275. The predicted octanol–water partition coefficient (Wildman–Crippen LogP) is 3.35. The van der Waals surface area contributed by atoms with E-state index in [2.05, 4.69) is 31.9 Å². The first kappa shape index (κ1) is 14.8. The molecule has 0 aromatic heterocycles. The van der Waals surface area contributed by atoms with Crippen LogP contribution in [0.5, 0.6) is 11.5 Å². The lowest BCUT2D eigenvalue weighted by atomic mass is 9.90. The monoisotopic (exact) mass is 392 g/mol. The van der Waals surface area contributed by atoms with Gasteiger partial charge >= 0.3 is 0 Å². The third-order valence-electron chi connectivity index (χ3n) is 2.89. The molecule has 1 fully saturated rings. The molecule has 1 aliphatic carbocycles. The molecule has 2 unspecified atom stereocenters. The molecule has 4 nitrogen and oxygen atoms in total. The van der Waals surface area contributed by atoms with Crippen molar-refractivity contribution in [3.8, 4) is 11.5 Å². The molecule has 19 heavy (non-hydrogen) atoms. The van der Waals surface area contributed by atoms with Gasteiger partial charge < -0.3 is 14.2 Å². The van der Waals surface area contributed by atoms with Crippen LogP contribution in [0.2, 0.25) is 0 Å². The van der Waals surface area contributed by atoms with Gasteiger partial charge in [-0.15, -0.1) is 0 Å². The van der Waals surface area contributed by atoms with Crippen molar-refractivity contribution in [3.63, 3.8) is 0 Å². The fourth-order valence-electron chi connectivity index (χ4n) is 1.87. The Morgan fingerprint density at radius 2 is 1.89 bits per heavy atom. The number of carbonyl (C=O) groups is 1. The highest BCUT2D eigenvalue weighted by Gasteiger charge is 2.42. The van der Waals surface area contributed by atoms with Crippen molar-refractivity contribution in [2.24, 2.45) is 0 Å². The fourth-order valence-corrected chi connectivity index (χ4v) is 2.77. The third-order valence-corrected chi connectivity index (χ3v) is 4.13. The molecule has 0 saturated heterocycles. The molecule has 104 valence electrons. The molecule has 0 amide bonds. The fraction of sp³-hybridized carbons (Fsp3) is 0.462. The van der Waals surface area contributed by atoms with Gasteiger partial charge in [-0.2, -0.15) is 0 Å². The van der Waals surface area contributed by atoms with Gasteiger partial charge in [-0.3, -0.25) is 4.79 Å². The lowest BCUT2D eigenvalue weighted by Gasteiger charge is -2.34. The molecule has 6 heteroatoms. The van der Waals surface area contributed by atoms with Gasteiger partial charge in [-0.1, -0.05) is 0 Å². The molecule has 1 aromatic rings. The minimum absolute atomic E-state index is 0.0931. The maximum Gasteiger partial charge on any atom is 0.169 e. The zero-order valence-corrected chi connectivity index (χ0v) is 13.8. The molecule has 1 aliphatic rings. The molecule has 1 saturated carbocycles. The van der Waals surface area contributed by atoms with Crippen LogP contribution in [0, 0.1) is 0 Å². The number of hydrogen-bond acceptors (Lipinski definition) is 4. The Bertz CT molecular complexity index is 490. The first-order chi connectivity index (χ1) is 9.06. The van der Waals surface area contributed by atoms with Crippen molar-refractivity contribution in [1.82, 2.24) is 0 Å². The number of halogens is 2. The average Bonchev–Trinajstić information content (AvgIpc) is 2.39. The van der Waals surface area contributed by atoms with E-state index in [1.807, 2.05) is 19.1 Å². The zero-order chi connectivity index (χ0) is 14.0. The predicted molar refractivity (Wildman–Crippen MR) is 77.8 cm³/mol. The molecule has 1 aromatic carbocycles. The van der Waals surface area contributed by atoms with Crippen molar-refractivity contribution in [2.45, 2.75) is 25.6 Å². The molecule has 2 rings (SSSR count). The Labute approximate surface area is 128 Å². The Kier molecular flexibility index (Phi) is 4.86. The maximum atomic E-state index is 11.4. The van der Waals surface area contributed by atoms with Gasteiger partial charge in [0.05, 0.1) is 16.1 Å². The van der Waals surface area contributed by atoms with E-state index in [0.29, 0.717) is 24.5 Å². The molecule has 0 aliphatic heterocycles. The van der Waals surface area contributed by atoms with E-state index in [-0.39, 0.29) is 11.9 Å². The van der Waals surface area contributed by atoms with E-state index in [4.69, 9.17) is 14.2 Å². The van der Waals surface area contributed by atoms with Gasteiger partial charge in [0.25, 0.3) is 0 Å². The summed E-state index contributed by atoms with van der Waals surface area (Å²) in [6.45, 7) is 2.37. The van der Waals surface area contributed by atoms with Crippen LogP contribution >= 0.6 is 31.9 Å². The van der Waals surface area contributed by atoms with Crippen LogP contribution in [0.25, 0.3) is 0 Å². The van der Waals surface area contributed by atoms with E-state index in [9.17, 15) is 4.79 Å². The summed E-state index contributed by atoms with van der Waals surface area (Å²) in [5.74, 6) is 1.47. The Hall–Kier alpha value is -0.590. The molecule has 0 radical (unpaired) electrons. The summed E-state index contributed by atoms with van der Waals surface area (Å²) in [6, 6.07) is 3.63. The van der Waals surface area contributed by atoms with Crippen LogP contribution in [0.3, 0.4) is 0 Å². The number of methoxy groups -OCH3 is 1. The summed E-state index contributed by atoms with van der Waals surface area (Å²) < 4.78 is 18.0. The largest absolute Gasteiger partial charge is 0.496 e. The highest BCUT2D eigenvalue weighted by molar-refractivity contribution is 9.11. The molecule has 0 heterocycles. The van der Waals surface area contributed by atoms with Crippen LogP contribution in [0.15, 0.2) is 21.1 Å². The second-order valence-electron chi connectivity index (χ2n) is 4.12. The van der Waals surface area contributed by atoms with Gasteiger partial charge in [0, 0.05) is 13.0 Å². The normalized spacial score (nSPS) is 22.0. The van der Waals surface area contributed by atoms with Gasteiger partial charge in [-0.25, -0.2) is 0 Å². The van der Waals surface area contributed by atoms with Crippen LogP contribution in [0.1, 0.15) is 13.3 Å². The minimum Gasteiger partial charge on any atom is -0.496 e. The molecular formula is C13H14Br2O4. The summed E-state index contributed by atoms with van der Waals surface area (Å²) in [5.41, 5.74) is 0. The van der Waals surface area contributed by atoms with Gasteiger partial charge in [-0.05, 0) is 50.9 Å². The van der Waals surface area contributed by atoms with Crippen molar-refractivity contribution in [2.75, 3.05) is 13.7 Å². The first-order valence-corrected chi connectivity index (χ1v) is 7.49. The van der Waals surface area contributed by atoms with Crippen molar-refractivity contribution < 1.29 is 19.0 Å². The number of ketones is 1. The standard InChI is InChI=1S/C13H14Br2O4/c1-3-18-13-9(16)6-12(13)19-11-5-7(14)10(17-2)4-8(11)15/h4-5,12-13H,3,6H2,1-2H3. The number of benzene rings is 1. The SMILES string of the molecule is CCOC1C(=O)CC1Oc1cc(Br)c(OC)cc1Br. The number of rotatable bonds is 5. The zero-order valence-electron chi connectivity index (χ0n) is 10.6. The van der Waals surface area contributed by atoms with Crippen molar-refractivity contribution in [1.29, 1.82) is 0 Å². The average molecular weight is 394 g/mol. The highest BCUT2D eigenvalue weighted by atomic mass is 79.9. The summed E-state index contributed by atoms with van der Waals surface area (Å²) in [4.78, 5) is 11.4. The smallest absolute Gasteiger partial charge is 0.169 e. The topological polar surface area (TPSA) is 44.8 Å². The van der Waals surface area contributed by atoms with E-state index in [0.717, 1.165) is 8.95 Å². The summed E-state index contributed by atoms with van der Waals surface area (Å²) in [5, 5.41) is 0. The summed E-state index contributed by atoms with van der Waals surface area (Å²) in [7, 11) is 1.60. The number of carbonyl (C=O) groups excluding carboxylic acids is 1. The van der Waals surface area contributed by atoms with Gasteiger partial charge in [0.2, 0.25) is 0 Å². The number of Topliss-reactive ketones (excluding diaryl/α,β-unsaturated/α-hetero) is 1. The summed E-state index contributed by atoms with van der Waals surface area (Å²) >= 11 is 6.83. The first-order valence-electron chi connectivity index (χ1n) is 5.90. The van der Waals surface area contributed by atoms with Crippen LogP contribution in [-0.4, -0.2) is 31.7 Å². The molecule has 0 N–H and O–H groups in total. The quantitative estimate of drug-likeness (QED) is 0.769. The Balaban J connectivity index is 2.11. The van der Waals surface area contributed by atoms with Crippen LogP contribution < -0.4 is 9.47 Å². The lowest BCUT2D eigenvalue weighted by molar-refractivity contribution is -0.154. The maximum absolute atomic E-state index is 11.4. The second kappa shape index (κ2) is 6.24. The molecule has 0 spiro atoms. The van der Waals surface area contributed by atoms with Crippen molar-refractivity contribution in [3.05, 3.63) is 21.1 Å².